The molecule has 0 bridgehead atoms. The van der Waals surface area contributed by atoms with E-state index in [9.17, 15) is 0 Å². The molecule has 0 unspecified atom stereocenters. The van der Waals surface area contributed by atoms with Crippen LogP contribution in [0.1, 0.15) is 262 Å². The summed E-state index contributed by atoms with van der Waals surface area (Å²) >= 11 is 0. The molecule has 0 saturated carbocycles. The Morgan fingerprint density at radius 1 is 0.276 bits per heavy atom. The van der Waals surface area contributed by atoms with Crippen molar-refractivity contribution in [3.63, 3.8) is 0 Å². The van der Waals surface area contributed by atoms with Gasteiger partial charge in [-0.15, -0.1) is 0 Å². The van der Waals surface area contributed by atoms with Gasteiger partial charge < -0.3 is 29.4 Å². The Morgan fingerprint density at radius 2 is 0.634 bits per heavy atom. The van der Waals surface area contributed by atoms with Crippen molar-refractivity contribution >= 4 is 117 Å². The third kappa shape index (κ3) is 30.3. The Morgan fingerprint density at radius 3 is 1.12 bits per heavy atom. The highest BCUT2D eigenvalue weighted by molar-refractivity contribution is 6.14. The van der Waals surface area contributed by atoms with Gasteiger partial charge in [-0.05, 0) is 193 Å². The maximum Gasteiger partial charge on any atom is 0.295 e. The molecule has 782 valence electrons. The van der Waals surface area contributed by atoms with Crippen molar-refractivity contribution in [3.8, 4) is 17.1 Å². The van der Waals surface area contributed by atoms with Crippen LogP contribution in [-0.4, -0.2) is 62.9 Å². The molecule has 3 aliphatic rings. The van der Waals surface area contributed by atoms with Crippen molar-refractivity contribution in [2.75, 3.05) is 45.6 Å². The fourth-order valence-electron chi connectivity index (χ4n) is 17.3. The van der Waals surface area contributed by atoms with Crippen LogP contribution in [0.5, 0.6) is 0 Å². The van der Waals surface area contributed by atoms with E-state index in [0.29, 0.717) is 12.3 Å². The fraction of sp³-hybridized carbons (Fsp3) is 0.364. The van der Waals surface area contributed by atoms with E-state index < -0.39 is 0 Å². The molecule has 9 heterocycles. The summed E-state index contributed by atoms with van der Waals surface area (Å²) in [5.41, 5.74) is 27.9. The normalized spacial score (nSPS) is 12.3. The Kier molecular flexibility index (Phi) is 62.7. The number of fused-ring (bicyclic) bond motifs is 17. The van der Waals surface area contributed by atoms with Gasteiger partial charge >= 0.3 is 0 Å². The minimum absolute atomic E-state index is 0.288. The highest BCUT2D eigenvalue weighted by Crippen LogP contribution is 2.46. The number of benzene rings is 12. The molecule has 3 atom stereocenters. The van der Waals surface area contributed by atoms with Crippen molar-refractivity contribution < 1.29 is 13.7 Å². The number of nitrogens with zero attached hydrogens (tertiary/aromatic N) is 13. The maximum atomic E-state index is 4.54. The molecule has 12 aromatic carbocycles. The molecule has 0 N–H and O–H groups in total. The molecule has 13 nitrogen and oxygen atoms in total. The highest BCUT2D eigenvalue weighted by Gasteiger charge is 2.35. The first kappa shape index (κ1) is 129. The van der Waals surface area contributed by atoms with E-state index in [1.54, 1.807) is 0 Å². The first-order chi connectivity index (χ1) is 70.9. The quantitative estimate of drug-likeness (QED) is 0.126. The number of pyridine rings is 3. The Balaban J connectivity index is 0.000000829. The number of para-hydroxylation sites is 12. The molecule has 3 aliphatic heterocycles. The van der Waals surface area contributed by atoms with Crippen LogP contribution < -0.4 is 38.2 Å². The topological polar surface area (TPSA) is 57.7 Å². The average Bonchev–Trinajstić information content (AvgIpc) is 1.56. The first-order valence-corrected chi connectivity index (χ1v) is 54.9. The smallest absolute Gasteiger partial charge is 0.295 e. The van der Waals surface area contributed by atoms with E-state index in [4.69, 9.17) is 0 Å². The standard InChI is InChI=1S/C21H17N2.C21H19N2.C17H15N2.C16H18N2.C15H17N3.C12H16N2.15C2H6/c1-14-8-7-10-16-15-9-3-4-11-17(15)23-19-13-6-5-12-18(19)22(2)21(23)20(14)16;1-16-10-6-7-13-18(16)21-22(2)19-14-8-9-15-20(19)23(21)17-11-4-3-5-12-17;1-12-6-5-8-14-13-7-3-4-9-15(13)19-11-10-18(2)17(19)16(12)14;1-12-8-4-5-9-14(12)18-13(2)17(3)15-10-6-7-11-16(15)18;1-11-7-4-5-8-13(11)18-12(2)17(3)14-9-6-10-16-15(14)18;1-10-6-4-5-7-12(10)14-9-8-13(3)11(14)2;15*1-2/h3-13H,1-2H3;3-15H,1-2H3;3-11H,1-2H3;4-11,13H,1-3H3;4-10,12H,1-3H3;4-9,11H,1-3H3;15*1-2H3/q3*+1;;;;;;;;;;;;;;;;;;/t;;;13-;12-;11-;;;;;;;;;;;;;;;/m...000.............../s1. The van der Waals surface area contributed by atoms with Gasteiger partial charge in [-0.2, -0.15) is 13.4 Å². The molecular formula is C132H192N13+3. The average molecular weight is 1960 g/mol. The van der Waals surface area contributed by atoms with Gasteiger partial charge in [0.05, 0.1) is 54.5 Å². The number of anilines is 7. The van der Waals surface area contributed by atoms with Crippen molar-refractivity contribution in [1.29, 1.82) is 0 Å². The van der Waals surface area contributed by atoms with Gasteiger partial charge in [0.15, 0.2) is 27.9 Å². The van der Waals surface area contributed by atoms with Gasteiger partial charge in [0.1, 0.15) is 47.6 Å². The SMILES string of the molecule is CC.CC.CC.CC.CC.CC.CC.CC.CC.CC.CC.CC.CC.CC.CC.Cc1cccc2c3ccccc3n3c4ccccc4[n+](C)c3c12.Cc1cccc2c3ccccc3n3cc[n+](C)c3c12.Cc1ccccc1-c1n(-c2ccccc2)c2ccccc2[n+]1C.Cc1ccccc1N1C=CN(C)[C@@H]1C.Cc1ccccc1N1c2ccccc2N(C)[C@@H]1C.Cc1ccccc1N1c2ncccc2N(C)[C@@H]1C. The molecule has 0 fully saturated rings. The van der Waals surface area contributed by atoms with Crippen LogP contribution in [-0.2, 0) is 21.1 Å². The molecular weight excluding hydrogens is 1770 g/mol. The van der Waals surface area contributed by atoms with E-state index in [1.807, 2.05) is 220 Å². The largest absolute Gasteiger partial charge is 0.359 e. The maximum absolute atomic E-state index is 4.54. The first-order valence-electron chi connectivity index (χ1n) is 54.9. The van der Waals surface area contributed by atoms with E-state index in [0.717, 1.165) is 5.82 Å². The molecule has 145 heavy (non-hydrogen) atoms. The molecule has 0 amide bonds. The molecule has 0 aliphatic carbocycles. The summed E-state index contributed by atoms with van der Waals surface area (Å²) in [4.78, 5) is 18.3. The van der Waals surface area contributed by atoms with Crippen LogP contribution >= 0.6 is 0 Å². The monoisotopic (exact) mass is 1960 g/mol. The van der Waals surface area contributed by atoms with E-state index in [-0.39, 0.29) is 6.17 Å². The number of hydrogen-bond donors (Lipinski definition) is 0. The Hall–Kier alpha value is -13.5. The molecule has 18 aromatic rings. The van der Waals surface area contributed by atoms with E-state index >= 15 is 0 Å². The number of rotatable bonds is 5. The van der Waals surface area contributed by atoms with Crippen molar-refractivity contribution in [2.45, 2.75) is 289 Å². The lowest BCUT2D eigenvalue weighted by molar-refractivity contribution is -0.643. The van der Waals surface area contributed by atoms with Crippen molar-refractivity contribution in [1.82, 2.24) is 23.3 Å². The van der Waals surface area contributed by atoms with Crippen LogP contribution in [0.3, 0.4) is 0 Å². The molecule has 21 rings (SSSR count). The second-order valence-corrected chi connectivity index (χ2v) is 30.6. The predicted molar refractivity (Wildman–Crippen MR) is 652 cm³/mol. The zero-order valence-corrected chi connectivity index (χ0v) is 98.7. The number of aryl methyl sites for hydroxylation is 9. The minimum atomic E-state index is 0.288. The summed E-state index contributed by atoms with van der Waals surface area (Å²) in [5.74, 6) is 2.25. The lowest BCUT2D eigenvalue weighted by atomic mass is 10.0. The lowest BCUT2D eigenvalue weighted by Crippen LogP contribution is -2.36. The zero-order valence-electron chi connectivity index (χ0n) is 98.7. The molecule has 0 spiro atoms. The van der Waals surface area contributed by atoms with Gasteiger partial charge in [-0.25, -0.2) is 18.7 Å². The summed E-state index contributed by atoms with van der Waals surface area (Å²) in [6, 6.07) is 105. The fourth-order valence-corrected chi connectivity index (χ4v) is 17.3. The second-order valence-electron chi connectivity index (χ2n) is 30.6. The number of hydrogen-bond acceptors (Lipinski definition) is 7. The highest BCUT2D eigenvalue weighted by atomic mass is 15.4. The van der Waals surface area contributed by atoms with Gasteiger partial charge in [-0.1, -0.05) is 408 Å². The number of aromatic nitrogens is 7. The van der Waals surface area contributed by atoms with Crippen LogP contribution in [0.25, 0.3) is 93.8 Å². The summed E-state index contributed by atoms with van der Waals surface area (Å²) < 4.78 is 13.8. The van der Waals surface area contributed by atoms with E-state index in [1.165, 1.54) is 161 Å². The van der Waals surface area contributed by atoms with Crippen LogP contribution in [0, 0.1) is 41.5 Å². The van der Waals surface area contributed by atoms with Gasteiger partial charge in [0.2, 0.25) is 0 Å². The van der Waals surface area contributed by atoms with Crippen LogP contribution in [0.15, 0.2) is 328 Å². The summed E-state index contributed by atoms with van der Waals surface area (Å²) in [6.45, 7) is 79.7. The van der Waals surface area contributed by atoms with Gasteiger partial charge in [-0.3, -0.25) is 0 Å². The summed E-state index contributed by atoms with van der Waals surface area (Å²) in [7, 11) is 12.8. The minimum Gasteiger partial charge on any atom is -0.359 e. The van der Waals surface area contributed by atoms with E-state index in [2.05, 4.69) is 482 Å². The van der Waals surface area contributed by atoms with Gasteiger partial charge in [0, 0.05) is 78.3 Å². The Labute approximate surface area is 881 Å². The molecule has 0 radical (unpaired) electrons. The summed E-state index contributed by atoms with van der Waals surface area (Å²) in [5, 5.41) is 7.95. The van der Waals surface area contributed by atoms with Crippen molar-refractivity contribution in [2.24, 2.45) is 21.1 Å². The second kappa shape index (κ2) is 70.2. The third-order valence-corrected chi connectivity index (χ3v) is 23.7. The molecule has 0 saturated heterocycles. The molecule has 6 aromatic heterocycles. The lowest BCUT2D eigenvalue weighted by Gasteiger charge is -2.28. The number of imidazole rings is 3. The molecule has 13 heteroatoms. The Bertz CT molecular complexity index is 6570. The van der Waals surface area contributed by atoms with Gasteiger partial charge in [0.25, 0.3) is 17.1 Å². The summed E-state index contributed by atoms with van der Waals surface area (Å²) in [6.07, 6.45) is 11.4. The zero-order chi connectivity index (χ0) is 110. The van der Waals surface area contributed by atoms with Crippen LogP contribution in [0.4, 0.5) is 39.9 Å². The predicted octanol–water partition coefficient (Wildman–Crippen LogP) is 37.6. The van der Waals surface area contributed by atoms with Crippen molar-refractivity contribution in [3.05, 3.63) is 362 Å². The third-order valence-electron chi connectivity index (χ3n) is 23.7. The van der Waals surface area contributed by atoms with Crippen LogP contribution in [0.2, 0.25) is 0 Å².